The fourth-order valence-electron chi connectivity index (χ4n) is 1.95. The summed E-state index contributed by atoms with van der Waals surface area (Å²) in [6, 6.07) is 6.31. The molecule has 0 spiro atoms. The fraction of sp³-hybridized carbons (Fsp3) is 0.538. The summed E-state index contributed by atoms with van der Waals surface area (Å²) in [5.74, 6) is 1.41. The van der Waals surface area contributed by atoms with Gasteiger partial charge in [0, 0.05) is 24.5 Å². The van der Waals surface area contributed by atoms with Gasteiger partial charge in [-0.15, -0.1) is 11.8 Å². The van der Waals surface area contributed by atoms with Crippen LogP contribution >= 0.6 is 11.8 Å². The lowest BCUT2D eigenvalue weighted by atomic mass is 10.2. The largest absolute Gasteiger partial charge is 0.354 e. The first kappa shape index (κ1) is 13.4. The zero-order valence-corrected chi connectivity index (χ0v) is 11.2. The van der Waals surface area contributed by atoms with Gasteiger partial charge in [-0.25, -0.2) is 0 Å². The van der Waals surface area contributed by atoms with Crippen LogP contribution in [0.5, 0.6) is 0 Å². The number of pyridine rings is 1. The number of amides is 1. The maximum Gasteiger partial charge on any atom is 0.230 e. The minimum Gasteiger partial charge on any atom is -0.354 e. The summed E-state index contributed by atoms with van der Waals surface area (Å²) in [5.41, 5.74) is 1.02. The monoisotopic (exact) mass is 265 g/mol. The third-order valence-electron chi connectivity index (χ3n) is 2.92. The van der Waals surface area contributed by atoms with Gasteiger partial charge in [-0.2, -0.15) is 0 Å². The number of nitrogens with one attached hydrogen (secondary N) is 2. The third-order valence-corrected chi connectivity index (χ3v) is 3.88. The van der Waals surface area contributed by atoms with Gasteiger partial charge in [0.25, 0.3) is 0 Å². The van der Waals surface area contributed by atoms with Crippen molar-refractivity contribution in [1.29, 1.82) is 0 Å². The Hall–Kier alpha value is -1.07. The second-order valence-electron chi connectivity index (χ2n) is 4.41. The van der Waals surface area contributed by atoms with Gasteiger partial charge in [0.05, 0.1) is 11.4 Å². The van der Waals surface area contributed by atoms with Crippen molar-refractivity contribution >= 4 is 17.7 Å². The molecule has 0 radical (unpaired) electrons. The molecule has 1 atom stereocenters. The van der Waals surface area contributed by atoms with E-state index in [1.54, 1.807) is 18.0 Å². The van der Waals surface area contributed by atoms with Crippen molar-refractivity contribution in [3.63, 3.8) is 0 Å². The van der Waals surface area contributed by atoms with Crippen molar-refractivity contribution in [2.24, 2.45) is 0 Å². The molecule has 1 fully saturated rings. The van der Waals surface area contributed by atoms with Crippen LogP contribution in [0.2, 0.25) is 0 Å². The molecule has 1 unspecified atom stereocenters. The molecule has 1 aliphatic rings. The molecule has 1 aliphatic heterocycles. The molecule has 0 aromatic carbocycles. The fourth-order valence-corrected chi connectivity index (χ4v) is 2.72. The standard InChI is InChI=1S/C13H19N3OS/c17-13(16-8-11-5-3-7-14-11)10-18-9-12-4-1-2-6-15-12/h1-2,4,6,11,14H,3,5,7-10H2,(H,16,17). The van der Waals surface area contributed by atoms with Gasteiger partial charge in [0.2, 0.25) is 5.91 Å². The van der Waals surface area contributed by atoms with E-state index in [-0.39, 0.29) is 5.91 Å². The van der Waals surface area contributed by atoms with Gasteiger partial charge in [0.15, 0.2) is 0 Å². The van der Waals surface area contributed by atoms with E-state index in [4.69, 9.17) is 0 Å². The Morgan fingerprint density at radius 2 is 2.50 bits per heavy atom. The van der Waals surface area contributed by atoms with Gasteiger partial charge in [-0.05, 0) is 31.5 Å². The molecule has 1 aromatic rings. The number of nitrogens with zero attached hydrogens (tertiary/aromatic N) is 1. The number of hydrogen-bond donors (Lipinski definition) is 2. The molecule has 2 rings (SSSR count). The van der Waals surface area contributed by atoms with Crippen LogP contribution in [0.3, 0.4) is 0 Å². The molecule has 18 heavy (non-hydrogen) atoms. The van der Waals surface area contributed by atoms with Gasteiger partial charge in [0.1, 0.15) is 0 Å². The van der Waals surface area contributed by atoms with Crippen molar-refractivity contribution in [1.82, 2.24) is 15.6 Å². The highest BCUT2D eigenvalue weighted by atomic mass is 32.2. The topological polar surface area (TPSA) is 54.0 Å². The lowest BCUT2D eigenvalue weighted by molar-refractivity contribution is -0.118. The summed E-state index contributed by atoms with van der Waals surface area (Å²) in [6.07, 6.45) is 4.16. The van der Waals surface area contributed by atoms with Crippen LogP contribution in [-0.4, -0.2) is 35.8 Å². The number of hydrogen-bond acceptors (Lipinski definition) is 4. The summed E-state index contributed by atoms with van der Waals surface area (Å²) in [7, 11) is 0. The molecular formula is C13H19N3OS. The van der Waals surface area contributed by atoms with E-state index in [9.17, 15) is 4.79 Å². The third kappa shape index (κ3) is 4.66. The van der Waals surface area contributed by atoms with E-state index in [2.05, 4.69) is 15.6 Å². The minimum atomic E-state index is 0.115. The lowest BCUT2D eigenvalue weighted by Crippen LogP contribution is -2.37. The summed E-state index contributed by atoms with van der Waals surface area (Å²) in [6.45, 7) is 1.83. The van der Waals surface area contributed by atoms with Crippen LogP contribution in [0.25, 0.3) is 0 Å². The normalized spacial score (nSPS) is 18.8. The molecular weight excluding hydrogens is 246 g/mol. The van der Waals surface area contributed by atoms with Crippen molar-refractivity contribution in [3.05, 3.63) is 30.1 Å². The average molecular weight is 265 g/mol. The highest BCUT2D eigenvalue weighted by Crippen LogP contribution is 2.09. The van der Waals surface area contributed by atoms with Crippen molar-refractivity contribution in [2.45, 2.75) is 24.6 Å². The highest BCUT2D eigenvalue weighted by Gasteiger charge is 2.14. The molecule has 0 bridgehead atoms. The number of thioether (sulfide) groups is 1. The number of rotatable bonds is 6. The summed E-state index contributed by atoms with van der Waals surface area (Å²) in [5, 5.41) is 6.33. The Balaban J connectivity index is 1.57. The first-order chi connectivity index (χ1) is 8.84. The summed E-state index contributed by atoms with van der Waals surface area (Å²) >= 11 is 1.60. The number of carbonyl (C=O) groups is 1. The van der Waals surface area contributed by atoms with Gasteiger partial charge in [-0.3, -0.25) is 9.78 Å². The van der Waals surface area contributed by atoms with Crippen molar-refractivity contribution in [2.75, 3.05) is 18.8 Å². The zero-order chi connectivity index (χ0) is 12.6. The van der Waals surface area contributed by atoms with E-state index in [1.165, 1.54) is 12.8 Å². The first-order valence-electron chi connectivity index (χ1n) is 6.32. The van der Waals surface area contributed by atoms with Crippen LogP contribution in [0.4, 0.5) is 0 Å². The summed E-state index contributed by atoms with van der Waals surface area (Å²) in [4.78, 5) is 15.8. The maximum absolute atomic E-state index is 11.6. The molecule has 5 heteroatoms. The van der Waals surface area contributed by atoms with Crippen molar-refractivity contribution < 1.29 is 4.79 Å². The van der Waals surface area contributed by atoms with Gasteiger partial charge in [-0.1, -0.05) is 6.07 Å². The Morgan fingerprint density at radius 3 is 3.22 bits per heavy atom. The van der Waals surface area contributed by atoms with Crippen LogP contribution in [0, 0.1) is 0 Å². The van der Waals surface area contributed by atoms with Crippen molar-refractivity contribution in [3.8, 4) is 0 Å². The van der Waals surface area contributed by atoms with Crippen LogP contribution in [-0.2, 0) is 10.5 Å². The minimum absolute atomic E-state index is 0.115. The number of aromatic nitrogens is 1. The molecule has 0 saturated carbocycles. The SMILES string of the molecule is O=C(CSCc1ccccn1)NCC1CCCN1. The van der Waals surface area contributed by atoms with Gasteiger partial charge < -0.3 is 10.6 Å². The Bertz CT molecular complexity index is 366. The van der Waals surface area contributed by atoms with E-state index in [0.29, 0.717) is 11.8 Å². The Labute approximate surface area is 112 Å². The highest BCUT2D eigenvalue weighted by molar-refractivity contribution is 7.99. The van der Waals surface area contributed by atoms with E-state index in [0.717, 1.165) is 24.5 Å². The van der Waals surface area contributed by atoms with Crippen LogP contribution in [0.1, 0.15) is 18.5 Å². The summed E-state index contributed by atoms with van der Waals surface area (Å²) < 4.78 is 0. The smallest absolute Gasteiger partial charge is 0.230 e. The molecule has 0 aliphatic carbocycles. The lowest BCUT2D eigenvalue weighted by Gasteiger charge is -2.11. The second-order valence-corrected chi connectivity index (χ2v) is 5.40. The predicted octanol–water partition coefficient (Wildman–Crippen LogP) is 1.18. The maximum atomic E-state index is 11.6. The average Bonchev–Trinajstić information content (AvgIpc) is 2.91. The van der Waals surface area contributed by atoms with E-state index >= 15 is 0 Å². The Morgan fingerprint density at radius 1 is 1.56 bits per heavy atom. The Kier molecular flexibility index (Phi) is 5.48. The molecule has 1 amide bonds. The number of carbonyl (C=O) groups excluding carboxylic acids is 1. The second kappa shape index (κ2) is 7.38. The van der Waals surface area contributed by atoms with E-state index in [1.807, 2.05) is 18.2 Å². The molecule has 2 N–H and O–H groups in total. The molecule has 2 heterocycles. The molecule has 4 nitrogen and oxygen atoms in total. The predicted molar refractivity (Wildman–Crippen MR) is 74.4 cm³/mol. The van der Waals surface area contributed by atoms with Crippen LogP contribution in [0.15, 0.2) is 24.4 Å². The molecule has 1 aromatic heterocycles. The van der Waals surface area contributed by atoms with Gasteiger partial charge >= 0.3 is 0 Å². The zero-order valence-electron chi connectivity index (χ0n) is 10.4. The molecule has 1 saturated heterocycles. The molecule has 98 valence electrons. The van der Waals surface area contributed by atoms with E-state index < -0.39 is 0 Å². The first-order valence-corrected chi connectivity index (χ1v) is 7.48. The van der Waals surface area contributed by atoms with Crippen LogP contribution < -0.4 is 10.6 Å². The quantitative estimate of drug-likeness (QED) is 0.811.